The molecular formula is C30H26F2N2O7S. The van der Waals surface area contributed by atoms with Crippen molar-refractivity contribution in [2.45, 2.75) is 6.42 Å². The molecule has 2 heterocycles. The molecule has 0 saturated carbocycles. The zero-order valence-electron chi connectivity index (χ0n) is 22.3. The summed E-state index contributed by atoms with van der Waals surface area (Å²) in [4.78, 5) is 13.1. The molecule has 0 spiro atoms. The molecule has 0 aliphatic carbocycles. The molecule has 2 N–H and O–H groups in total. The third kappa shape index (κ3) is 6.35. The summed E-state index contributed by atoms with van der Waals surface area (Å²) >= 11 is 0. The summed E-state index contributed by atoms with van der Waals surface area (Å²) in [7, 11) is -1.18. The molecule has 9 nitrogen and oxygen atoms in total. The van der Waals surface area contributed by atoms with E-state index in [2.05, 4.69) is 4.72 Å². The normalized spacial score (nSPS) is 11.4. The Hall–Kier alpha value is -4.52. The summed E-state index contributed by atoms with van der Waals surface area (Å²) in [5.74, 6) is -0.685. The number of halogens is 2. The van der Waals surface area contributed by atoms with E-state index < -0.39 is 22.5 Å². The third-order valence-corrected chi connectivity index (χ3v) is 6.93. The number of benzene rings is 3. The number of nitrogens with one attached hydrogen (secondary N) is 1. The maximum atomic E-state index is 14.5. The van der Waals surface area contributed by atoms with Crippen LogP contribution >= 0.6 is 0 Å². The van der Waals surface area contributed by atoms with Crippen LogP contribution < -0.4 is 19.8 Å². The lowest BCUT2D eigenvalue weighted by atomic mass is 10.0. The number of thiol groups is 1. The number of ether oxygens (including phenoxy) is 2. The molecule has 3 aromatic carbocycles. The van der Waals surface area contributed by atoms with Crippen LogP contribution in [0.4, 0.5) is 8.78 Å². The lowest BCUT2D eigenvalue weighted by Gasteiger charge is -2.15. The Kier molecular flexibility index (Phi) is 8.67. The van der Waals surface area contributed by atoms with Crippen LogP contribution in [0.2, 0.25) is 0 Å². The topological polar surface area (TPSA) is 120 Å². The van der Waals surface area contributed by atoms with Crippen LogP contribution in [0, 0.1) is 11.6 Å². The Labute approximate surface area is 240 Å². The maximum absolute atomic E-state index is 14.5. The predicted molar refractivity (Wildman–Crippen MR) is 153 cm³/mol. The van der Waals surface area contributed by atoms with Gasteiger partial charge in [0.15, 0.2) is 11.6 Å². The number of aromatic nitrogens is 1. The number of nitrogens with zero attached hydrogens (tertiary/aromatic N) is 1. The largest absolute Gasteiger partial charge is 0.491 e. The molecule has 42 heavy (non-hydrogen) atoms. The number of aliphatic hydroxyl groups excluding tert-OH is 1. The van der Waals surface area contributed by atoms with Crippen LogP contribution in [0.25, 0.3) is 33.4 Å². The highest BCUT2D eigenvalue weighted by atomic mass is 32.2. The van der Waals surface area contributed by atoms with E-state index in [1.165, 1.54) is 10.6 Å². The SMILES string of the molecule is Cn1cc(-c2cc(CCN[SH](=O)=O)ccc2Oc2ccc(F)cc2F)c2oc(-c3ccc(OCCO)cc3)cc2c1=O. The molecule has 0 radical (unpaired) electrons. The summed E-state index contributed by atoms with van der Waals surface area (Å²) in [5.41, 5.74) is 2.26. The lowest BCUT2D eigenvalue weighted by molar-refractivity contribution is 0.201. The minimum Gasteiger partial charge on any atom is -0.491 e. The first-order valence-corrected chi connectivity index (χ1v) is 14.0. The molecule has 0 aliphatic rings. The van der Waals surface area contributed by atoms with E-state index >= 15 is 0 Å². The van der Waals surface area contributed by atoms with Crippen LogP contribution in [-0.2, 0) is 24.4 Å². The van der Waals surface area contributed by atoms with Crippen LogP contribution in [0.3, 0.4) is 0 Å². The van der Waals surface area contributed by atoms with Gasteiger partial charge in [0.25, 0.3) is 5.56 Å². The van der Waals surface area contributed by atoms with Crippen molar-refractivity contribution in [2.75, 3.05) is 19.8 Å². The smallest absolute Gasteiger partial charge is 0.261 e. The van der Waals surface area contributed by atoms with Crippen molar-refractivity contribution in [1.29, 1.82) is 0 Å². The minimum atomic E-state index is -2.77. The second kappa shape index (κ2) is 12.6. The van der Waals surface area contributed by atoms with Gasteiger partial charge in [0.1, 0.15) is 35.3 Å². The van der Waals surface area contributed by atoms with Gasteiger partial charge in [-0.3, -0.25) is 4.79 Å². The molecule has 5 aromatic rings. The fourth-order valence-corrected chi connectivity index (χ4v) is 4.76. The van der Waals surface area contributed by atoms with Gasteiger partial charge in [-0.2, -0.15) is 0 Å². The molecule has 0 amide bonds. The number of hydrogen-bond donors (Lipinski definition) is 3. The van der Waals surface area contributed by atoms with Crippen LogP contribution in [0.1, 0.15) is 5.56 Å². The van der Waals surface area contributed by atoms with Crippen molar-refractivity contribution in [1.82, 2.24) is 9.29 Å². The van der Waals surface area contributed by atoms with E-state index in [4.69, 9.17) is 19.0 Å². The second-order valence-corrected chi connectivity index (χ2v) is 10.2. The zero-order valence-corrected chi connectivity index (χ0v) is 23.2. The average Bonchev–Trinajstić information content (AvgIpc) is 3.42. The summed E-state index contributed by atoms with van der Waals surface area (Å²) in [6.07, 6.45) is 1.91. The van der Waals surface area contributed by atoms with Gasteiger partial charge < -0.3 is 23.6 Å². The lowest BCUT2D eigenvalue weighted by Crippen LogP contribution is -2.16. The van der Waals surface area contributed by atoms with Gasteiger partial charge >= 0.3 is 0 Å². The van der Waals surface area contributed by atoms with Crippen molar-refractivity contribution in [2.24, 2.45) is 7.05 Å². The van der Waals surface area contributed by atoms with E-state index in [-0.39, 0.29) is 42.4 Å². The van der Waals surface area contributed by atoms with Gasteiger partial charge in [-0.25, -0.2) is 21.9 Å². The minimum absolute atomic E-state index is 0.118. The maximum Gasteiger partial charge on any atom is 0.261 e. The first-order chi connectivity index (χ1) is 20.2. The number of hydrogen-bond acceptors (Lipinski definition) is 7. The van der Waals surface area contributed by atoms with Crippen molar-refractivity contribution in [3.63, 3.8) is 0 Å². The van der Waals surface area contributed by atoms with E-state index in [0.29, 0.717) is 46.1 Å². The third-order valence-electron chi connectivity index (χ3n) is 6.45. The molecule has 0 saturated heterocycles. The molecule has 12 heteroatoms. The van der Waals surface area contributed by atoms with Crippen molar-refractivity contribution < 1.29 is 36.2 Å². The number of pyridine rings is 1. The fraction of sp³-hybridized carbons (Fsp3) is 0.167. The summed E-state index contributed by atoms with van der Waals surface area (Å²) in [6, 6.07) is 16.6. The highest BCUT2D eigenvalue weighted by Gasteiger charge is 2.20. The van der Waals surface area contributed by atoms with Gasteiger partial charge in [-0.05, 0) is 66.6 Å². The summed E-state index contributed by atoms with van der Waals surface area (Å²) < 4.78 is 71.3. The highest BCUT2D eigenvalue weighted by Crippen LogP contribution is 2.40. The van der Waals surface area contributed by atoms with E-state index in [1.807, 2.05) is 0 Å². The van der Waals surface area contributed by atoms with Crippen molar-refractivity contribution in [3.8, 4) is 39.7 Å². The van der Waals surface area contributed by atoms with E-state index in [1.54, 1.807) is 61.8 Å². The van der Waals surface area contributed by atoms with Crippen LogP contribution in [0.5, 0.6) is 17.2 Å². The van der Waals surface area contributed by atoms with Gasteiger partial charge in [0.05, 0.1) is 12.0 Å². The predicted octanol–water partition coefficient (Wildman–Crippen LogP) is 4.57. The zero-order chi connectivity index (χ0) is 29.8. The molecule has 5 rings (SSSR count). The summed E-state index contributed by atoms with van der Waals surface area (Å²) in [5, 5.41) is 9.27. The fourth-order valence-electron chi connectivity index (χ4n) is 4.46. The van der Waals surface area contributed by atoms with Gasteiger partial charge in [-0.15, -0.1) is 0 Å². The molecule has 2 aromatic heterocycles. The van der Waals surface area contributed by atoms with Crippen molar-refractivity contribution in [3.05, 3.63) is 100 Å². The highest BCUT2D eigenvalue weighted by molar-refractivity contribution is 7.70. The Morgan fingerprint density at radius 2 is 1.74 bits per heavy atom. The molecule has 0 bridgehead atoms. The molecule has 0 atom stereocenters. The van der Waals surface area contributed by atoms with Crippen LogP contribution in [0.15, 0.2) is 82.1 Å². The van der Waals surface area contributed by atoms with Crippen LogP contribution in [-0.4, -0.2) is 37.8 Å². The number of aliphatic hydroxyl groups is 1. The number of aryl methyl sites for hydroxylation is 1. The van der Waals surface area contributed by atoms with E-state index in [0.717, 1.165) is 11.6 Å². The summed E-state index contributed by atoms with van der Waals surface area (Å²) in [6.45, 7) is 0.184. The van der Waals surface area contributed by atoms with Gasteiger partial charge in [-0.1, -0.05) is 6.07 Å². The molecule has 0 fully saturated rings. The molecule has 0 aliphatic heterocycles. The Bertz CT molecular complexity index is 1870. The molecule has 0 unspecified atom stereocenters. The van der Waals surface area contributed by atoms with Crippen molar-refractivity contribution >= 4 is 21.9 Å². The first kappa shape index (κ1) is 29.0. The van der Waals surface area contributed by atoms with E-state index in [9.17, 15) is 22.0 Å². The second-order valence-electron chi connectivity index (χ2n) is 9.33. The Balaban J connectivity index is 1.63. The molecular weight excluding hydrogens is 570 g/mol. The number of furan rings is 1. The number of rotatable bonds is 11. The van der Waals surface area contributed by atoms with Gasteiger partial charge in [0, 0.05) is 42.5 Å². The standard InChI is InChI=1S/C30H26F2N2O7S/c1-34-17-24(29-23(30(34)36)16-28(41-29)19-3-6-21(7-4-19)39-13-12-35)22-14-18(10-11-33-42(37)38)2-8-26(22)40-27-9-5-20(31)15-25(27)32/h2-9,14-17,35,42H,10-13H2,1H3,(H,33,37,38). The Morgan fingerprint density at radius 3 is 2.45 bits per heavy atom. The average molecular weight is 597 g/mol. The van der Waals surface area contributed by atoms with Gasteiger partial charge in [0.2, 0.25) is 10.9 Å². The number of fused-ring (bicyclic) bond motifs is 1. The first-order valence-electron chi connectivity index (χ1n) is 12.8. The molecule has 218 valence electrons. The Morgan fingerprint density at radius 1 is 0.976 bits per heavy atom. The monoisotopic (exact) mass is 596 g/mol. The quantitative estimate of drug-likeness (QED) is 0.191.